The van der Waals surface area contributed by atoms with Crippen molar-refractivity contribution >= 4 is 19.8 Å². The lowest BCUT2D eigenvalue weighted by Crippen LogP contribution is -2.29. The van der Waals surface area contributed by atoms with Crippen molar-refractivity contribution in [3.8, 4) is 0 Å². The van der Waals surface area contributed by atoms with Crippen molar-refractivity contribution < 1.29 is 37.9 Å². The van der Waals surface area contributed by atoms with Gasteiger partial charge in [-0.1, -0.05) is 165 Å². The number of rotatable bonds is 36. The molecule has 0 spiro atoms. The van der Waals surface area contributed by atoms with Crippen LogP contribution in [0.5, 0.6) is 0 Å². The van der Waals surface area contributed by atoms with Gasteiger partial charge in [0.2, 0.25) is 0 Å². The zero-order chi connectivity index (χ0) is 36.8. The molecule has 1 unspecified atom stereocenters. The van der Waals surface area contributed by atoms with E-state index in [0.717, 1.165) is 83.5 Å². The maximum absolute atomic E-state index is 12.4. The highest BCUT2D eigenvalue weighted by Crippen LogP contribution is 2.36. The standard InChI is InChI=1S/C41H73O8P/c1-3-5-7-9-11-13-15-17-18-19-20-21-22-24-26-28-30-32-34-36-41(43)49-39(38-48-50(44,45)46)37-47-40(42)35-33-31-29-27-25-23-16-14-12-10-8-6-4-2/h5,7,11,13,17-18,20-21,39H,3-4,6,8-10,12,14-16,19,22-38H2,1-2H3,(H2,44,45,46)/b7-5-,13-11-,18-17-,21-20-. The van der Waals surface area contributed by atoms with Gasteiger partial charge in [0.1, 0.15) is 6.61 Å². The Morgan fingerprint density at radius 1 is 0.540 bits per heavy atom. The molecule has 50 heavy (non-hydrogen) atoms. The third kappa shape index (κ3) is 38.8. The van der Waals surface area contributed by atoms with Crippen LogP contribution < -0.4 is 0 Å². The smallest absolute Gasteiger partial charge is 0.462 e. The summed E-state index contributed by atoms with van der Waals surface area (Å²) in [6.45, 7) is 3.56. The average Bonchev–Trinajstić information content (AvgIpc) is 3.08. The van der Waals surface area contributed by atoms with Crippen LogP contribution in [-0.4, -0.2) is 41.0 Å². The predicted molar refractivity (Wildman–Crippen MR) is 207 cm³/mol. The summed E-state index contributed by atoms with van der Waals surface area (Å²) in [7, 11) is -4.75. The maximum atomic E-state index is 12.4. The van der Waals surface area contributed by atoms with Crippen molar-refractivity contribution in [3.05, 3.63) is 48.6 Å². The summed E-state index contributed by atoms with van der Waals surface area (Å²) in [6, 6.07) is 0. The molecule has 0 aliphatic heterocycles. The molecule has 0 aliphatic rings. The molecule has 0 aromatic carbocycles. The van der Waals surface area contributed by atoms with Gasteiger partial charge >= 0.3 is 19.8 Å². The Morgan fingerprint density at radius 3 is 1.44 bits per heavy atom. The summed E-state index contributed by atoms with van der Waals surface area (Å²) in [4.78, 5) is 42.8. The van der Waals surface area contributed by atoms with Gasteiger partial charge < -0.3 is 19.3 Å². The van der Waals surface area contributed by atoms with Gasteiger partial charge in [-0.15, -0.1) is 0 Å². The van der Waals surface area contributed by atoms with E-state index in [-0.39, 0.29) is 19.4 Å². The summed E-state index contributed by atoms with van der Waals surface area (Å²) >= 11 is 0. The number of allylic oxidation sites excluding steroid dienone is 8. The lowest BCUT2D eigenvalue weighted by atomic mass is 10.0. The fraction of sp³-hybridized carbons (Fsp3) is 0.756. The topological polar surface area (TPSA) is 119 Å². The largest absolute Gasteiger partial charge is 0.469 e. The fourth-order valence-electron chi connectivity index (χ4n) is 5.42. The predicted octanol–water partition coefficient (Wildman–Crippen LogP) is 12.0. The van der Waals surface area contributed by atoms with Gasteiger partial charge in [0.15, 0.2) is 6.10 Å². The van der Waals surface area contributed by atoms with E-state index in [9.17, 15) is 14.2 Å². The SMILES string of the molecule is CC/C=C\C/C=C\C/C=C\C/C=C\CCCCCCCCC(=O)OC(COC(=O)CCCCCCCCCCCCCCC)COP(=O)(O)O. The van der Waals surface area contributed by atoms with Crippen molar-refractivity contribution in [3.63, 3.8) is 0 Å². The van der Waals surface area contributed by atoms with Crippen LogP contribution in [0.2, 0.25) is 0 Å². The molecule has 0 saturated heterocycles. The number of unbranched alkanes of at least 4 members (excludes halogenated alkanes) is 18. The zero-order valence-electron chi connectivity index (χ0n) is 31.8. The van der Waals surface area contributed by atoms with Gasteiger partial charge in [0.25, 0.3) is 0 Å². The first-order valence-electron chi connectivity index (χ1n) is 19.9. The Morgan fingerprint density at radius 2 is 0.960 bits per heavy atom. The minimum absolute atomic E-state index is 0.196. The van der Waals surface area contributed by atoms with Crippen LogP contribution in [0.3, 0.4) is 0 Å². The molecule has 0 heterocycles. The first-order chi connectivity index (χ1) is 24.3. The van der Waals surface area contributed by atoms with Crippen molar-refractivity contribution in [2.75, 3.05) is 13.2 Å². The molecule has 0 aromatic heterocycles. The van der Waals surface area contributed by atoms with Crippen LogP contribution >= 0.6 is 7.82 Å². The Hall–Kier alpha value is -1.99. The summed E-state index contributed by atoms with van der Waals surface area (Å²) in [5.74, 6) is -0.900. The monoisotopic (exact) mass is 725 g/mol. The van der Waals surface area contributed by atoms with E-state index in [1.807, 2.05) is 0 Å². The second kappa shape index (κ2) is 36.8. The van der Waals surface area contributed by atoms with Gasteiger partial charge in [-0.05, 0) is 51.4 Å². The highest BCUT2D eigenvalue weighted by molar-refractivity contribution is 7.46. The van der Waals surface area contributed by atoms with Crippen molar-refractivity contribution in [1.82, 2.24) is 0 Å². The molecule has 1 atom stereocenters. The van der Waals surface area contributed by atoms with Crippen LogP contribution in [0.4, 0.5) is 0 Å². The maximum Gasteiger partial charge on any atom is 0.469 e. The molecule has 0 fully saturated rings. The number of esters is 2. The number of phosphoric ester groups is 1. The summed E-state index contributed by atoms with van der Waals surface area (Å²) in [6.07, 6.45) is 44.0. The molecular weight excluding hydrogens is 651 g/mol. The lowest BCUT2D eigenvalue weighted by molar-refractivity contribution is -0.161. The zero-order valence-corrected chi connectivity index (χ0v) is 32.7. The highest BCUT2D eigenvalue weighted by Gasteiger charge is 2.22. The molecule has 0 aromatic rings. The number of carbonyl (C=O) groups is 2. The molecule has 290 valence electrons. The van der Waals surface area contributed by atoms with Crippen LogP contribution in [0.25, 0.3) is 0 Å². The third-order valence-electron chi connectivity index (χ3n) is 8.36. The van der Waals surface area contributed by atoms with Crippen molar-refractivity contribution in [1.29, 1.82) is 0 Å². The third-order valence-corrected chi connectivity index (χ3v) is 8.85. The molecule has 0 saturated carbocycles. The van der Waals surface area contributed by atoms with E-state index in [1.54, 1.807) is 0 Å². The van der Waals surface area contributed by atoms with Gasteiger partial charge in [-0.2, -0.15) is 0 Å². The van der Waals surface area contributed by atoms with Gasteiger partial charge in [-0.25, -0.2) is 4.57 Å². The minimum atomic E-state index is -4.75. The number of hydrogen-bond acceptors (Lipinski definition) is 6. The Balaban J connectivity index is 3.97. The van der Waals surface area contributed by atoms with E-state index in [4.69, 9.17) is 19.3 Å². The van der Waals surface area contributed by atoms with Crippen LogP contribution in [0.1, 0.15) is 181 Å². The van der Waals surface area contributed by atoms with E-state index in [1.165, 1.54) is 64.2 Å². The lowest BCUT2D eigenvalue weighted by Gasteiger charge is -2.18. The molecule has 0 bridgehead atoms. The first kappa shape index (κ1) is 48.0. The number of phosphoric acid groups is 1. The summed E-state index contributed by atoms with van der Waals surface area (Å²) in [5.41, 5.74) is 0. The van der Waals surface area contributed by atoms with Gasteiger partial charge in [0.05, 0.1) is 6.61 Å². The molecule has 2 N–H and O–H groups in total. The van der Waals surface area contributed by atoms with Gasteiger partial charge in [0, 0.05) is 12.8 Å². The highest BCUT2D eigenvalue weighted by atomic mass is 31.2. The summed E-state index contributed by atoms with van der Waals surface area (Å²) < 4.78 is 26.3. The molecular formula is C41H73O8P. The van der Waals surface area contributed by atoms with E-state index in [0.29, 0.717) is 6.42 Å². The fourth-order valence-corrected chi connectivity index (χ4v) is 5.78. The molecule has 0 aliphatic carbocycles. The van der Waals surface area contributed by atoms with E-state index < -0.39 is 32.5 Å². The van der Waals surface area contributed by atoms with Crippen LogP contribution in [-0.2, 0) is 28.2 Å². The summed E-state index contributed by atoms with van der Waals surface area (Å²) in [5, 5.41) is 0. The van der Waals surface area contributed by atoms with Crippen LogP contribution in [0, 0.1) is 0 Å². The Labute approximate surface area is 305 Å². The average molecular weight is 725 g/mol. The van der Waals surface area contributed by atoms with Crippen molar-refractivity contribution in [2.45, 2.75) is 187 Å². The number of carbonyl (C=O) groups excluding carboxylic acids is 2. The second-order valence-electron chi connectivity index (χ2n) is 13.2. The molecule has 0 radical (unpaired) electrons. The molecule has 0 rings (SSSR count). The molecule has 0 amide bonds. The number of ether oxygens (including phenoxy) is 2. The number of hydrogen-bond donors (Lipinski definition) is 2. The first-order valence-corrected chi connectivity index (χ1v) is 21.5. The van der Waals surface area contributed by atoms with E-state index in [2.05, 4.69) is 67.0 Å². The normalized spacial score (nSPS) is 13.0. The second-order valence-corrected chi connectivity index (χ2v) is 14.5. The van der Waals surface area contributed by atoms with Crippen LogP contribution in [0.15, 0.2) is 48.6 Å². The minimum Gasteiger partial charge on any atom is -0.462 e. The van der Waals surface area contributed by atoms with E-state index >= 15 is 0 Å². The quantitative estimate of drug-likeness (QED) is 0.0284. The molecule has 9 heteroatoms. The molecule has 8 nitrogen and oxygen atoms in total. The Bertz CT molecular complexity index is 952. The van der Waals surface area contributed by atoms with Crippen molar-refractivity contribution in [2.24, 2.45) is 0 Å². The Kier molecular flexibility index (Phi) is 35.3. The van der Waals surface area contributed by atoms with Gasteiger partial charge in [-0.3, -0.25) is 14.1 Å².